The van der Waals surface area contributed by atoms with Crippen LogP contribution < -0.4 is 5.73 Å². The van der Waals surface area contributed by atoms with Crippen LogP contribution in [-0.4, -0.2) is 19.3 Å². The minimum atomic E-state index is 0.447. The lowest BCUT2D eigenvalue weighted by atomic mass is 10.1. The maximum absolute atomic E-state index is 5.97. The second kappa shape index (κ2) is 5.61. The summed E-state index contributed by atoms with van der Waals surface area (Å²) in [6, 6.07) is 0.447. The van der Waals surface area contributed by atoms with Crippen molar-refractivity contribution in [3.8, 4) is 0 Å². The van der Waals surface area contributed by atoms with Crippen molar-refractivity contribution in [2.75, 3.05) is 13.2 Å². The van der Waals surface area contributed by atoms with Crippen LogP contribution in [0.2, 0.25) is 0 Å². The van der Waals surface area contributed by atoms with Crippen LogP contribution in [0.15, 0.2) is 0 Å². The smallest absolute Gasteiger partial charge is 0.0488 e. The lowest BCUT2D eigenvalue weighted by Gasteiger charge is -2.10. The van der Waals surface area contributed by atoms with Crippen molar-refractivity contribution in [3.63, 3.8) is 0 Å². The van der Waals surface area contributed by atoms with Gasteiger partial charge < -0.3 is 10.5 Å². The number of hydrogen-bond acceptors (Lipinski definition) is 2. The average Bonchev–Trinajstić information content (AvgIpc) is 2.85. The van der Waals surface area contributed by atoms with E-state index in [0.717, 1.165) is 32.0 Å². The summed E-state index contributed by atoms with van der Waals surface area (Å²) < 4.78 is 5.49. The van der Waals surface area contributed by atoms with Gasteiger partial charge in [-0.2, -0.15) is 0 Å². The fourth-order valence-corrected chi connectivity index (χ4v) is 1.50. The molecule has 1 unspecified atom stereocenters. The summed E-state index contributed by atoms with van der Waals surface area (Å²) in [6.45, 7) is 6.13. The monoisotopic (exact) mass is 185 g/mol. The van der Waals surface area contributed by atoms with Gasteiger partial charge in [-0.25, -0.2) is 0 Å². The highest BCUT2D eigenvalue weighted by Crippen LogP contribution is 2.33. The molecule has 0 aromatic rings. The summed E-state index contributed by atoms with van der Waals surface area (Å²) in [6.07, 6.45) is 4.98. The van der Waals surface area contributed by atoms with E-state index in [1.165, 1.54) is 12.8 Å². The van der Waals surface area contributed by atoms with E-state index in [1.54, 1.807) is 0 Å². The fourth-order valence-electron chi connectivity index (χ4n) is 1.50. The van der Waals surface area contributed by atoms with Crippen molar-refractivity contribution in [1.29, 1.82) is 0 Å². The zero-order valence-corrected chi connectivity index (χ0v) is 8.96. The minimum Gasteiger partial charge on any atom is -0.381 e. The molecule has 1 aliphatic carbocycles. The Bertz CT molecular complexity index is 132. The lowest BCUT2D eigenvalue weighted by Crippen LogP contribution is -2.22. The molecule has 0 aromatic heterocycles. The second-order valence-corrected chi connectivity index (χ2v) is 4.61. The highest BCUT2D eigenvalue weighted by molar-refractivity contribution is 4.83. The molecule has 0 aliphatic heterocycles. The number of ether oxygens (including phenoxy) is 1. The van der Waals surface area contributed by atoms with Crippen LogP contribution >= 0.6 is 0 Å². The quantitative estimate of drug-likeness (QED) is 0.617. The summed E-state index contributed by atoms with van der Waals surface area (Å²) in [5, 5.41) is 0. The molecule has 13 heavy (non-hydrogen) atoms. The van der Waals surface area contributed by atoms with E-state index >= 15 is 0 Å². The van der Waals surface area contributed by atoms with E-state index in [1.807, 2.05) is 0 Å². The zero-order valence-electron chi connectivity index (χ0n) is 8.96. The highest BCUT2D eigenvalue weighted by Gasteiger charge is 2.27. The number of hydrogen-bond donors (Lipinski definition) is 1. The molecule has 0 bridgehead atoms. The fraction of sp³-hybridized carbons (Fsp3) is 1.00. The molecular formula is C11H23NO. The topological polar surface area (TPSA) is 35.2 Å². The Morgan fingerprint density at radius 3 is 2.62 bits per heavy atom. The van der Waals surface area contributed by atoms with Crippen molar-refractivity contribution in [2.24, 2.45) is 17.6 Å². The molecule has 1 rings (SSSR count). The molecule has 2 nitrogen and oxygen atoms in total. The van der Waals surface area contributed by atoms with E-state index in [0.29, 0.717) is 12.0 Å². The van der Waals surface area contributed by atoms with Gasteiger partial charge in [0.1, 0.15) is 0 Å². The van der Waals surface area contributed by atoms with Crippen molar-refractivity contribution >= 4 is 0 Å². The Hall–Kier alpha value is -0.0800. The van der Waals surface area contributed by atoms with Crippen molar-refractivity contribution < 1.29 is 4.74 Å². The Balaban J connectivity index is 1.83. The van der Waals surface area contributed by atoms with Gasteiger partial charge in [-0.3, -0.25) is 0 Å². The summed E-state index contributed by atoms with van der Waals surface area (Å²) in [5.74, 6) is 1.49. The molecule has 0 heterocycles. The SMILES string of the molecule is CC(C)COCCCC(N)C1CC1. The summed E-state index contributed by atoms with van der Waals surface area (Å²) in [4.78, 5) is 0. The lowest BCUT2D eigenvalue weighted by molar-refractivity contribution is 0.105. The van der Waals surface area contributed by atoms with E-state index in [4.69, 9.17) is 10.5 Å². The van der Waals surface area contributed by atoms with Crippen LogP contribution in [0.5, 0.6) is 0 Å². The van der Waals surface area contributed by atoms with Gasteiger partial charge in [0.2, 0.25) is 0 Å². The third kappa shape index (κ3) is 5.27. The van der Waals surface area contributed by atoms with Gasteiger partial charge in [-0.15, -0.1) is 0 Å². The molecular weight excluding hydrogens is 162 g/mol. The van der Waals surface area contributed by atoms with Gasteiger partial charge in [0, 0.05) is 19.3 Å². The largest absolute Gasteiger partial charge is 0.381 e. The molecule has 1 atom stereocenters. The van der Waals surface area contributed by atoms with Gasteiger partial charge in [0.15, 0.2) is 0 Å². The molecule has 2 heteroatoms. The van der Waals surface area contributed by atoms with Gasteiger partial charge in [-0.1, -0.05) is 13.8 Å². The molecule has 0 saturated heterocycles. The van der Waals surface area contributed by atoms with Crippen LogP contribution in [0.3, 0.4) is 0 Å². The first-order valence-corrected chi connectivity index (χ1v) is 5.53. The van der Waals surface area contributed by atoms with Gasteiger partial charge in [0.25, 0.3) is 0 Å². The van der Waals surface area contributed by atoms with E-state index in [2.05, 4.69) is 13.8 Å². The highest BCUT2D eigenvalue weighted by atomic mass is 16.5. The molecule has 2 N–H and O–H groups in total. The van der Waals surface area contributed by atoms with E-state index < -0.39 is 0 Å². The van der Waals surface area contributed by atoms with Gasteiger partial charge in [-0.05, 0) is 37.5 Å². The van der Waals surface area contributed by atoms with Crippen LogP contribution in [0.4, 0.5) is 0 Å². The van der Waals surface area contributed by atoms with E-state index in [9.17, 15) is 0 Å². The van der Waals surface area contributed by atoms with Crippen LogP contribution in [0, 0.1) is 11.8 Å². The molecule has 1 aliphatic rings. The first-order valence-electron chi connectivity index (χ1n) is 5.53. The van der Waals surface area contributed by atoms with Crippen molar-refractivity contribution in [2.45, 2.75) is 45.6 Å². The second-order valence-electron chi connectivity index (χ2n) is 4.61. The van der Waals surface area contributed by atoms with Crippen LogP contribution in [-0.2, 0) is 4.74 Å². The van der Waals surface area contributed by atoms with Crippen LogP contribution in [0.1, 0.15) is 39.5 Å². The Morgan fingerprint density at radius 2 is 2.08 bits per heavy atom. The first kappa shape index (κ1) is 11.0. The molecule has 0 spiro atoms. The summed E-state index contributed by atoms with van der Waals surface area (Å²) in [5.41, 5.74) is 5.97. The normalized spacial score (nSPS) is 19.4. The average molecular weight is 185 g/mol. The maximum Gasteiger partial charge on any atom is 0.0488 e. The Kier molecular flexibility index (Phi) is 4.74. The van der Waals surface area contributed by atoms with Gasteiger partial charge in [0.05, 0.1) is 0 Å². The molecule has 1 fully saturated rings. The predicted molar refractivity (Wildman–Crippen MR) is 55.6 cm³/mol. The molecule has 0 amide bonds. The minimum absolute atomic E-state index is 0.447. The molecule has 1 saturated carbocycles. The maximum atomic E-state index is 5.97. The third-order valence-corrected chi connectivity index (χ3v) is 2.50. The van der Waals surface area contributed by atoms with E-state index in [-0.39, 0.29) is 0 Å². The van der Waals surface area contributed by atoms with Crippen molar-refractivity contribution in [3.05, 3.63) is 0 Å². The van der Waals surface area contributed by atoms with Gasteiger partial charge >= 0.3 is 0 Å². The standard InChI is InChI=1S/C11H23NO/c1-9(2)8-13-7-3-4-11(12)10-5-6-10/h9-11H,3-8,12H2,1-2H3. The molecule has 78 valence electrons. The summed E-state index contributed by atoms with van der Waals surface area (Å²) in [7, 11) is 0. The van der Waals surface area contributed by atoms with Crippen LogP contribution in [0.25, 0.3) is 0 Å². The van der Waals surface area contributed by atoms with Crippen molar-refractivity contribution in [1.82, 2.24) is 0 Å². The molecule has 0 aromatic carbocycles. The number of nitrogens with two attached hydrogens (primary N) is 1. The Morgan fingerprint density at radius 1 is 1.38 bits per heavy atom. The zero-order chi connectivity index (χ0) is 9.68. The summed E-state index contributed by atoms with van der Waals surface area (Å²) >= 11 is 0. The Labute approximate surface area is 81.8 Å². The first-order chi connectivity index (χ1) is 6.20. The molecule has 0 radical (unpaired) electrons. The third-order valence-electron chi connectivity index (χ3n) is 2.50. The predicted octanol–water partition coefficient (Wildman–Crippen LogP) is 2.18. The number of rotatable bonds is 7.